The van der Waals surface area contributed by atoms with Crippen LogP contribution in [-0.2, 0) is 9.84 Å². The van der Waals surface area contributed by atoms with Gasteiger partial charge in [0.15, 0.2) is 15.1 Å². The lowest BCUT2D eigenvalue weighted by Gasteiger charge is -2.12. The van der Waals surface area contributed by atoms with Gasteiger partial charge in [0.25, 0.3) is 0 Å². The number of nitrogen functional groups attached to an aromatic ring is 1. The first-order chi connectivity index (χ1) is 7.45. The summed E-state index contributed by atoms with van der Waals surface area (Å²) in [5.41, 5.74) is 5.65. The van der Waals surface area contributed by atoms with Crippen LogP contribution < -0.4 is 5.73 Å². The van der Waals surface area contributed by atoms with Crippen LogP contribution in [0.1, 0.15) is 13.3 Å². The van der Waals surface area contributed by atoms with Gasteiger partial charge in [-0.25, -0.2) is 8.42 Å². The highest BCUT2D eigenvalue weighted by molar-refractivity contribution is 7.92. The van der Waals surface area contributed by atoms with E-state index in [-0.39, 0.29) is 22.0 Å². The Kier molecular flexibility index (Phi) is 3.79. The van der Waals surface area contributed by atoms with E-state index in [0.29, 0.717) is 0 Å². The third-order valence-electron chi connectivity index (χ3n) is 2.17. The Morgan fingerprint density at radius 3 is 2.62 bits per heavy atom. The van der Waals surface area contributed by atoms with Gasteiger partial charge in [-0.15, -0.1) is 0 Å². The number of nitriles is 1. The van der Waals surface area contributed by atoms with Gasteiger partial charge in [0.1, 0.15) is 4.90 Å². The van der Waals surface area contributed by atoms with Crippen LogP contribution in [0.2, 0.25) is 5.02 Å². The molecule has 1 unspecified atom stereocenters. The number of halogens is 1. The summed E-state index contributed by atoms with van der Waals surface area (Å²) in [5, 5.41) is 7.73. The summed E-state index contributed by atoms with van der Waals surface area (Å²) in [6.45, 7) is 1.62. The van der Waals surface area contributed by atoms with Gasteiger partial charge in [0.05, 0.1) is 16.8 Å². The Hall–Kier alpha value is -1.25. The topological polar surface area (TPSA) is 84.0 Å². The van der Waals surface area contributed by atoms with Crippen LogP contribution >= 0.6 is 11.6 Å². The number of hydrogen-bond acceptors (Lipinski definition) is 4. The van der Waals surface area contributed by atoms with E-state index >= 15 is 0 Å². The maximum atomic E-state index is 12.0. The molecule has 4 nitrogen and oxygen atoms in total. The molecule has 1 atom stereocenters. The smallest absolute Gasteiger partial charge is 0.198 e. The van der Waals surface area contributed by atoms with Crippen molar-refractivity contribution >= 4 is 27.1 Å². The second-order valence-electron chi connectivity index (χ2n) is 3.23. The summed E-state index contributed by atoms with van der Waals surface area (Å²) >= 11 is 5.80. The number of sulfone groups is 1. The van der Waals surface area contributed by atoms with Crippen LogP contribution in [-0.4, -0.2) is 13.7 Å². The van der Waals surface area contributed by atoms with E-state index in [1.54, 1.807) is 19.1 Å². The summed E-state index contributed by atoms with van der Waals surface area (Å²) < 4.78 is 24.1. The zero-order valence-electron chi connectivity index (χ0n) is 8.64. The van der Waals surface area contributed by atoms with Crippen LogP contribution in [0.3, 0.4) is 0 Å². The molecule has 0 saturated carbocycles. The SMILES string of the molecule is CCC(C#N)S(=O)(=O)c1c(N)cccc1Cl. The van der Waals surface area contributed by atoms with Crippen molar-refractivity contribution in [1.82, 2.24) is 0 Å². The minimum absolute atomic E-state index is 0.0497. The predicted molar refractivity (Wildman–Crippen MR) is 62.7 cm³/mol. The monoisotopic (exact) mass is 258 g/mol. The molecular formula is C10H11ClN2O2S. The van der Waals surface area contributed by atoms with Crippen molar-refractivity contribution in [2.24, 2.45) is 0 Å². The zero-order valence-corrected chi connectivity index (χ0v) is 10.2. The van der Waals surface area contributed by atoms with Crippen molar-refractivity contribution in [1.29, 1.82) is 5.26 Å². The van der Waals surface area contributed by atoms with Gasteiger partial charge in [0.2, 0.25) is 0 Å². The second-order valence-corrected chi connectivity index (χ2v) is 5.70. The van der Waals surface area contributed by atoms with Crippen molar-refractivity contribution in [3.05, 3.63) is 23.2 Å². The van der Waals surface area contributed by atoms with Crippen molar-refractivity contribution in [3.8, 4) is 6.07 Å². The van der Waals surface area contributed by atoms with E-state index in [1.807, 2.05) is 0 Å². The fraction of sp³-hybridized carbons (Fsp3) is 0.300. The van der Waals surface area contributed by atoms with Gasteiger partial charge in [-0.05, 0) is 18.6 Å². The molecule has 0 heterocycles. The van der Waals surface area contributed by atoms with E-state index in [2.05, 4.69) is 0 Å². The molecule has 0 aliphatic heterocycles. The summed E-state index contributed by atoms with van der Waals surface area (Å²) in [6.07, 6.45) is 0.198. The molecule has 16 heavy (non-hydrogen) atoms. The van der Waals surface area contributed by atoms with Crippen molar-refractivity contribution in [3.63, 3.8) is 0 Å². The van der Waals surface area contributed by atoms with Gasteiger partial charge < -0.3 is 5.73 Å². The molecule has 1 rings (SSSR count). The first-order valence-electron chi connectivity index (χ1n) is 4.62. The lowest BCUT2D eigenvalue weighted by atomic mass is 10.3. The lowest BCUT2D eigenvalue weighted by molar-refractivity contribution is 0.588. The summed E-state index contributed by atoms with van der Waals surface area (Å²) in [5.74, 6) is 0. The molecule has 0 bridgehead atoms. The first-order valence-corrected chi connectivity index (χ1v) is 6.55. The zero-order chi connectivity index (χ0) is 12.3. The Bertz CT molecular complexity index is 514. The minimum Gasteiger partial charge on any atom is -0.398 e. The molecule has 0 saturated heterocycles. The van der Waals surface area contributed by atoms with Gasteiger partial charge in [-0.1, -0.05) is 24.6 Å². The molecule has 0 aromatic heterocycles. The Balaban J connectivity index is 3.45. The molecule has 0 aliphatic carbocycles. The maximum Gasteiger partial charge on any atom is 0.198 e. The Morgan fingerprint density at radius 1 is 1.56 bits per heavy atom. The Labute approximate surface area is 99.6 Å². The molecule has 0 radical (unpaired) electrons. The normalized spacial score (nSPS) is 13.1. The van der Waals surface area contributed by atoms with Crippen LogP contribution in [0.4, 0.5) is 5.69 Å². The number of nitrogens with two attached hydrogens (primary N) is 1. The predicted octanol–water partition coefficient (Wildman–Crippen LogP) is 2.00. The maximum absolute atomic E-state index is 12.0. The lowest BCUT2D eigenvalue weighted by Crippen LogP contribution is -2.20. The molecule has 1 aromatic rings. The average Bonchev–Trinajstić information content (AvgIpc) is 2.18. The van der Waals surface area contributed by atoms with Gasteiger partial charge in [-0.2, -0.15) is 5.26 Å². The largest absolute Gasteiger partial charge is 0.398 e. The first kappa shape index (κ1) is 12.8. The molecule has 1 aromatic carbocycles. The van der Waals surface area contributed by atoms with Crippen LogP contribution in [0.25, 0.3) is 0 Å². The highest BCUT2D eigenvalue weighted by atomic mass is 35.5. The fourth-order valence-corrected chi connectivity index (χ4v) is 3.45. The van der Waals surface area contributed by atoms with Crippen LogP contribution in [0, 0.1) is 11.3 Å². The summed E-state index contributed by atoms with van der Waals surface area (Å²) in [7, 11) is -3.78. The number of hydrogen-bond donors (Lipinski definition) is 1. The van der Waals surface area contributed by atoms with E-state index in [9.17, 15) is 8.42 Å². The molecule has 86 valence electrons. The molecule has 2 N–H and O–H groups in total. The molecule has 0 aliphatic rings. The number of nitrogens with zero attached hydrogens (tertiary/aromatic N) is 1. The third kappa shape index (κ3) is 2.13. The van der Waals surface area contributed by atoms with Gasteiger partial charge >= 0.3 is 0 Å². The Morgan fingerprint density at radius 2 is 2.19 bits per heavy atom. The third-order valence-corrected chi connectivity index (χ3v) is 4.81. The summed E-state index contributed by atoms with van der Waals surface area (Å²) in [4.78, 5) is -0.148. The fourth-order valence-electron chi connectivity index (χ4n) is 1.35. The van der Waals surface area contributed by atoms with E-state index in [4.69, 9.17) is 22.6 Å². The van der Waals surface area contributed by atoms with E-state index < -0.39 is 15.1 Å². The molecular weight excluding hydrogens is 248 g/mol. The molecule has 0 spiro atoms. The van der Waals surface area contributed by atoms with Crippen LogP contribution in [0.15, 0.2) is 23.1 Å². The van der Waals surface area contributed by atoms with Gasteiger partial charge in [0, 0.05) is 0 Å². The number of rotatable bonds is 3. The quantitative estimate of drug-likeness (QED) is 0.841. The average molecular weight is 259 g/mol. The van der Waals surface area contributed by atoms with E-state index in [1.165, 1.54) is 12.1 Å². The summed E-state index contributed by atoms with van der Waals surface area (Å²) in [6, 6.07) is 6.19. The standard InChI is InChI=1S/C10H11ClN2O2S/c1-2-7(6-12)16(14,15)10-8(11)4-3-5-9(10)13/h3-5,7H,2,13H2,1H3. The number of anilines is 1. The molecule has 0 fully saturated rings. The van der Waals surface area contributed by atoms with Crippen molar-refractivity contribution in [2.45, 2.75) is 23.5 Å². The minimum atomic E-state index is -3.78. The van der Waals surface area contributed by atoms with E-state index in [0.717, 1.165) is 0 Å². The molecule has 6 heteroatoms. The van der Waals surface area contributed by atoms with Crippen LogP contribution in [0.5, 0.6) is 0 Å². The van der Waals surface area contributed by atoms with Gasteiger partial charge in [-0.3, -0.25) is 0 Å². The highest BCUT2D eigenvalue weighted by Crippen LogP contribution is 2.30. The van der Waals surface area contributed by atoms with Crippen molar-refractivity contribution < 1.29 is 8.42 Å². The number of benzene rings is 1. The van der Waals surface area contributed by atoms with Crippen molar-refractivity contribution in [2.75, 3.05) is 5.73 Å². The molecule has 0 amide bonds. The highest BCUT2D eigenvalue weighted by Gasteiger charge is 2.29. The second kappa shape index (κ2) is 4.73.